The Morgan fingerprint density at radius 2 is 2.04 bits per heavy atom. The molecule has 2 heterocycles. The van der Waals surface area contributed by atoms with E-state index in [1.807, 2.05) is 6.07 Å². The number of hydrogen-bond donors (Lipinski definition) is 0. The lowest BCUT2D eigenvalue weighted by Gasteiger charge is -2.28. The maximum absolute atomic E-state index is 5.50. The number of nitrogens with zero attached hydrogens (tertiary/aromatic N) is 2. The van der Waals surface area contributed by atoms with E-state index in [0.717, 1.165) is 40.3 Å². The van der Waals surface area contributed by atoms with Crippen molar-refractivity contribution in [3.8, 4) is 5.75 Å². The molecular weight excluding hydrogens is 292 g/mol. The number of ether oxygens (including phenoxy) is 2. The molecule has 3 rings (SSSR count). The zero-order valence-electron chi connectivity index (χ0n) is 14.3. The number of fused-ring (bicyclic) bond motifs is 1. The molecule has 5 nitrogen and oxygen atoms in total. The molecule has 0 aliphatic carbocycles. The van der Waals surface area contributed by atoms with Crippen LogP contribution in [-0.4, -0.2) is 44.4 Å². The van der Waals surface area contributed by atoms with Crippen molar-refractivity contribution in [3.05, 3.63) is 23.4 Å². The van der Waals surface area contributed by atoms with Crippen LogP contribution in [0.15, 0.2) is 16.7 Å². The van der Waals surface area contributed by atoms with Gasteiger partial charge in [0.15, 0.2) is 5.58 Å². The monoisotopic (exact) mass is 318 g/mol. The fraction of sp³-hybridized carbons (Fsp3) is 0.611. The minimum atomic E-state index is 0.526. The largest absolute Gasteiger partial charge is 0.496 e. The van der Waals surface area contributed by atoms with E-state index in [9.17, 15) is 0 Å². The summed E-state index contributed by atoms with van der Waals surface area (Å²) in [6.45, 7) is 2.94. The SMILES string of the molecule is COCc1cc2c(CCC3CCN(C)CC3)noc2cc1OC. The summed E-state index contributed by atoms with van der Waals surface area (Å²) < 4.78 is 16.2. The first-order valence-electron chi connectivity index (χ1n) is 8.34. The molecule has 126 valence electrons. The average molecular weight is 318 g/mol. The molecule has 1 aliphatic heterocycles. The maximum atomic E-state index is 5.50. The van der Waals surface area contributed by atoms with Crippen molar-refractivity contribution in [2.24, 2.45) is 5.92 Å². The van der Waals surface area contributed by atoms with Crippen molar-refractivity contribution < 1.29 is 14.0 Å². The number of piperidine rings is 1. The Morgan fingerprint density at radius 3 is 2.74 bits per heavy atom. The highest BCUT2D eigenvalue weighted by molar-refractivity contribution is 5.82. The Balaban J connectivity index is 1.74. The molecule has 0 amide bonds. The van der Waals surface area contributed by atoms with Crippen molar-refractivity contribution in [2.75, 3.05) is 34.4 Å². The Kier molecular flexibility index (Phi) is 5.18. The van der Waals surface area contributed by atoms with Crippen LogP contribution in [-0.2, 0) is 17.8 Å². The van der Waals surface area contributed by atoms with Crippen molar-refractivity contribution in [1.82, 2.24) is 10.1 Å². The van der Waals surface area contributed by atoms with E-state index in [1.54, 1.807) is 14.2 Å². The molecule has 1 fully saturated rings. The summed E-state index contributed by atoms with van der Waals surface area (Å²) in [5.41, 5.74) is 2.88. The number of benzene rings is 1. The van der Waals surface area contributed by atoms with Crippen LogP contribution in [0.25, 0.3) is 11.0 Å². The average Bonchev–Trinajstić information content (AvgIpc) is 2.96. The van der Waals surface area contributed by atoms with Gasteiger partial charge in [0, 0.05) is 24.1 Å². The Bertz CT molecular complexity index is 645. The van der Waals surface area contributed by atoms with Crippen molar-refractivity contribution in [2.45, 2.75) is 32.3 Å². The van der Waals surface area contributed by atoms with Crippen LogP contribution in [0.3, 0.4) is 0 Å². The summed E-state index contributed by atoms with van der Waals surface area (Å²) in [5.74, 6) is 1.59. The summed E-state index contributed by atoms with van der Waals surface area (Å²) in [6, 6.07) is 4.01. The van der Waals surface area contributed by atoms with Crippen LogP contribution >= 0.6 is 0 Å². The van der Waals surface area contributed by atoms with Crippen LogP contribution in [0, 0.1) is 5.92 Å². The molecule has 2 aromatic rings. The van der Waals surface area contributed by atoms with Gasteiger partial charge < -0.3 is 18.9 Å². The summed E-state index contributed by atoms with van der Waals surface area (Å²) in [4.78, 5) is 2.41. The molecule has 0 unspecified atom stereocenters. The van der Waals surface area contributed by atoms with Gasteiger partial charge in [0.25, 0.3) is 0 Å². The molecule has 1 saturated heterocycles. The minimum Gasteiger partial charge on any atom is -0.496 e. The molecule has 0 saturated carbocycles. The molecule has 1 aliphatic rings. The summed E-state index contributed by atoms with van der Waals surface area (Å²) in [6.07, 6.45) is 4.73. The second-order valence-corrected chi connectivity index (χ2v) is 6.51. The molecule has 0 N–H and O–H groups in total. The molecule has 1 aromatic carbocycles. The first kappa shape index (κ1) is 16.3. The third-order valence-electron chi connectivity index (χ3n) is 4.88. The topological polar surface area (TPSA) is 47.7 Å². The molecule has 0 bridgehead atoms. The highest BCUT2D eigenvalue weighted by atomic mass is 16.5. The van der Waals surface area contributed by atoms with E-state index < -0.39 is 0 Å². The maximum Gasteiger partial charge on any atom is 0.170 e. The number of rotatable bonds is 6. The van der Waals surface area contributed by atoms with Crippen molar-refractivity contribution in [3.63, 3.8) is 0 Å². The quantitative estimate of drug-likeness (QED) is 0.818. The fourth-order valence-corrected chi connectivity index (χ4v) is 3.39. The Morgan fingerprint density at radius 1 is 1.26 bits per heavy atom. The van der Waals surface area contributed by atoms with Gasteiger partial charge >= 0.3 is 0 Å². The van der Waals surface area contributed by atoms with Gasteiger partial charge in [-0.15, -0.1) is 0 Å². The number of aromatic nitrogens is 1. The third kappa shape index (κ3) is 3.67. The lowest BCUT2D eigenvalue weighted by atomic mass is 9.91. The number of likely N-dealkylation sites (tertiary alicyclic amines) is 1. The molecule has 0 atom stereocenters. The van der Waals surface area contributed by atoms with Crippen LogP contribution in [0.2, 0.25) is 0 Å². The first-order chi connectivity index (χ1) is 11.2. The number of aryl methyl sites for hydroxylation is 1. The Hall–Kier alpha value is -1.59. The molecule has 5 heteroatoms. The lowest BCUT2D eigenvalue weighted by molar-refractivity contribution is 0.182. The van der Waals surface area contributed by atoms with Gasteiger partial charge in [-0.1, -0.05) is 5.16 Å². The second-order valence-electron chi connectivity index (χ2n) is 6.51. The fourth-order valence-electron chi connectivity index (χ4n) is 3.39. The lowest BCUT2D eigenvalue weighted by Crippen LogP contribution is -2.30. The molecule has 23 heavy (non-hydrogen) atoms. The van der Waals surface area contributed by atoms with Gasteiger partial charge in [-0.25, -0.2) is 0 Å². The van der Waals surface area contributed by atoms with Crippen LogP contribution in [0.5, 0.6) is 5.75 Å². The zero-order valence-corrected chi connectivity index (χ0v) is 14.3. The van der Waals surface area contributed by atoms with E-state index in [0.29, 0.717) is 6.61 Å². The summed E-state index contributed by atoms with van der Waals surface area (Å²) >= 11 is 0. The van der Waals surface area contributed by atoms with E-state index >= 15 is 0 Å². The number of methoxy groups -OCH3 is 2. The van der Waals surface area contributed by atoms with E-state index in [1.165, 1.54) is 32.4 Å². The third-order valence-corrected chi connectivity index (χ3v) is 4.88. The molecule has 1 aromatic heterocycles. The van der Waals surface area contributed by atoms with Gasteiger partial charge in [0.2, 0.25) is 0 Å². The highest BCUT2D eigenvalue weighted by Crippen LogP contribution is 2.30. The highest BCUT2D eigenvalue weighted by Gasteiger charge is 2.19. The van der Waals surface area contributed by atoms with Gasteiger partial charge in [-0.05, 0) is 57.8 Å². The Labute approximate surface area is 137 Å². The van der Waals surface area contributed by atoms with Crippen molar-refractivity contribution in [1.29, 1.82) is 0 Å². The minimum absolute atomic E-state index is 0.526. The van der Waals surface area contributed by atoms with Gasteiger partial charge in [-0.2, -0.15) is 0 Å². The van der Waals surface area contributed by atoms with E-state index in [-0.39, 0.29) is 0 Å². The molecule has 0 spiro atoms. The van der Waals surface area contributed by atoms with Gasteiger partial charge in [0.05, 0.1) is 19.4 Å². The summed E-state index contributed by atoms with van der Waals surface area (Å²) in [5, 5.41) is 5.38. The summed E-state index contributed by atoms with van der Waals surface area (Å²) in [7, 11) is 5.56. The molecular formula is C18H26N2O3. The normalized spacial score (nSPS) is 17.0. The van der Waals surface area contributed by atoms with E-state index in [2.05, 4.69) is 23.2 Å². The zero-order chi connectivity index (χ0) is 16.2. The number of hydrogen-bond acceptors (Lipinski definition) is 5. The molecule has 0 radical (unpaired) electrons. The van der Waals surface area contributed by atoms with Crippen LogP contribution in [0.1, 0.15) is 30.5 Å². The standard InChI is InChI=1S/C18H26N2O3/c1-20-8-6-13(7-9-20)4-5-16-15-10-14(12-21-2)17(22-3)11-18(15)23-19-16/h10-11,13H,4-9,12H2,1-3H3. The first-order valence-corrected chi connectivity index (χ1v) is 8.34. The van der Waals surface area contributed by atoms with Crippen LogP contribution in [0.4, 0.5) is 0 Å². The second kappa shape index (κ2) is 7.32. The van der Waals surface area contributed by atoms with Gasteiger partial charge in [-0.3, -0.25) is 0 Å². The van der Waals surface area contributed by atoms with Crippen LogP contribution < -0.4 is 4.74 Å². The smallest absolute Gasteiger partial charge is 0.170 e. The predicted molar refractivity (Wildman–Crippen MR) is 89.8 cm³/mol. The van der Waals surface area contributed by atoms with E-state index in [4.69, 9.17) is 14.0 Å². The predicted octanol–water partition coefficient (Wildman–Crippen LogP) is 3.26. The van der Waals surface area contributed by atoms with Gasteiger partial charge in [0.1, 0.15) is 5.75 Å². The van der Waals surface area contributed by atoms with Crippen molar-refractivity contribution >= 4 is 11.0 Å².